The van der Waals surface area contributed by atoms with Crippen molar-refractivity contribution >= 4 is 36.5 Å². The molecule has 0 fully saturated rings. The number of nitrogens with zero attached hydrogens (tertiary/aromatic N) is 1. The van der Waals surface area contributed by atoms with E-state index < -0.39 is 0 Å². The van der Waals surface area contributed by atoms with Crippen LogP contribution in [0.5, 0.6) is 0 Å². The zero-order valence-corrected chi connectivity index (χ0v) is 8.60. The second-order valence-electron chi connectivity index (χ2n) is 0.815. The van der Waals surface area contributed by atoms with Gasteiger partial charge in [-0.05, 0) is 0 Å². The van der Waals surface area contributed by atoms with Gasteiger partial charge in [0.25, 0.3) is 5.22 Å². The number of hydrogen-bond acceptors (Lipinski definition) is 3. The van der Waals surface area contributed by atoms with Gasteiger partial charge in [-0.1, -0.05) is 12.6 Å². The molecular weight excluding hydrogens is 217 g/mol. The van der Waals surface area contributed by atoms with Gasteiger partial charge in [0.1, 0.15) is 6.26 Å². The van der Waals surface area contributed by atoms with E-state index in [-0.39, 0.29) is 23.9 Å². The van der Waals surface area contributed by atoms with Gasteiger partial charge in [-0.25, -0.2) is 4.98 Å². The van der Waals surface area contributed by atoms with Gasteiger partial charge in [-0.3, -0.25) is 0 Å². The summed E-state index contributed by atoms with van der Waals surface area (Å²) >= 11 is 3.76. The molecule has 2 radical (unpaired) electrons. The van der Waals surface area contributed by atoms with E-state index in [4.69, 9.17) is 0 Å². The molecule has 1 aromatic heterocycles. The fourth-order valence-electron chi connectivity index (χ4n) is 0.216. The molecule has 0 saturated carbocycles. The summed E-state index contributed by atoms with van der Waals surface area (Å²) in [5.74, 6) is 0. The summed E-state index contributed by atoms with van der Waals surface area (Å²) in [5.41, 5.74) is 0. The van der Waals surface area contributed by atoms with Gasteiger partial charge >= 0.3 is 23.9 Å². The quantitative estimate of drug-likeness (QED) is 0.495. The van der Waals surface area contributed by atoms with Gasteiger partial charge in [0.15, 0.2) is 0 Å². The average Bonchev–Trinajstić information content (AvgIpc) is 1.86. The Morgan fingerprint density at radius 1 is 1.71 bits per heavy atom. The van der Waals surface area contributed by atoms with Gasteiger partial charge in [0.2, 0.25) is 0 Å². The normalized spacial score (nSPS) is 7.57. The van der Waals surface area contributed by atoms with Crippen LogP contribution in [0.25, 0.3) is 0 Å². The molecule has 0 spiro atoms. The molecule has 0 atom stereocenters. The Morgan fingerprint density at radius 3 is 2.57 bits per heavy atom. The minimum absolute atomic E-state index is 0. The van der Waals surface area contributed by atoms with Crippen LogP contribution in [-0.2, 0) is 0 Å². The van der Waals surface area contributed by atoms with Crippen molar-refractivity contribution in [1.82, 2.24) is 4.98 Å². The Balaban J connectivity index is 0.000000360. The average molecular weight is 222 g/mol. The van der Waals surface area contributed by atoms with Gasteiger partial charge < -0.3 is 4.42 Å². The second kappa shape index (κ2) is 3.37. The topological polar surface area (TPSA) is 26.0 Å². The molecule has 1 heterocycles. The molecule has 0 aromatic carbocycles. The Morgan fingerprint density at radius 2 is 2.43 bits per heavy atom. The van der Waals surface area contributed by atoms with Crippen LogP contribution in [0.3, 0.4) is 0 Å². The van der Waals surface area contributed by atoms with E-state index in [2.05, 4.69) is 22.0 Å². The molecule has 0 saturated heterocycles. The Labute approximate surface area is 63.7 Å². The number of aromatic nitrogens is 1. The molecule has 0 amide bonds. The summed E-state index contributed by atoms with van der Waals surface area (Å²) < 4.78 is 4.59. The monoisotopic (exact) mass is 223 g/mol. The van der Waals surface area contributed by atoms with Crippen LogP contribution in [-0.4, -0.2) is 28.9 Å². The van der Waals surface area contributed by atoms with Gasteiger partial charge in [-0.2, -0.15) is 0 Å². The van der Waals surface area contributed by atoms with Crippen molar-refractivity contribution in [2.75, 3.05) is 0 Å². The summed E-state index contributed by atoms with van der Waals surface area (Å²) in [4.78, 5) is 3.61. The summed E-state index contributed by atoms with van der Waals surface area (Å²) in [7, 11) is 0. The third-order valence-corrected chi connectivity index (χ3v) is 0.640. The third kappa shape index (κ3) is 2.23. The summed E-state index contributed by atoms with van der Waals surface area (Å²) in [6.45, 7) is 0. The first-order valence-corrected chi connectivity index (χ1v) is 1.93. The molecule has 0 N–H and O–H groups in total. The molecular formula is C3H5NOSSn. The van der Waals surface area contributed by atoms with Crippen LogP contribution < -0.4 is 0 Å². The van der Waals surface area contributed by atoms with Crippen LogP contribution in [0.2, 0.25) is 0 Å². The van der Waals surface area contributed by atoms with Crippen molar-refractivity contribution in [2.45, 2.75) is 5.22 Å². The molecule has 4 heteroatoms. The second-order valence-corrected chi connectivity index (χ2v) is 1.20. The number of oxazole rings is 1. The predicted molar refractivity (Wildman–Crippen MR) is 32.3 cm³/mol. The third-order valence-electron chi connectivity index (χ3n) is 0.419. The van der Waals surface area contributed by atoms with E-state index in [1.54, 1.807) is 6.20 Å². The molecule has 0 unspecified atom stereocenters. The Bertz CT molecular complexity index is 118. The summed E-state index contributed by atoms with van der Waals surface area (Å²) in [6.07, 6.45) is 3.02. The van der Waals surface area contributed by atoms with Gasteiger partial charge in [-0.15, -0.1) is 0 Å². The SMILES string of the molecule is Sc1ncco1.[SnH2]. The molecule has 0 aliphatic rings. The maximum atomic E-state index is 4.59. The number of thiol groups is 1. The van der Waals surface area contributed by atoms with E-state index in [9.17, 15) is 0 Å². The molecule has 7 heavy (non-hydrogen) atoms. The molecule has 2 nitrogen and oxygen atoms in total. The zero-order chi connectivity index (χ0) is 4.41. The zero-order valence-electron chi connectivity index (χ0n) is 3.66. The van der Waals surface area contributed by atoms with Crippen molar-refractivity contribution in [3.8, 4) is 0 Å². The molecule has 0 aliphatic carbocycles. The summed E-state index contributed by atoms with van der Waals surface area (Å²) in [5, 5.41) is 0.412. The molecule has 0 aliphatic heterocycles. The van der Waals surface area contributed by atoms with Crippen LogP contribution in [0.1, 0.15) is 0 Å². The van der Waals surface area contributed by atoms with Crippen LogP contribution in [0.15, 0.2) is 22.1 Å². The van der Waals surface area contributed by atoms with Crippen LogP contribution >= 0.6 is 12.6 Å². The molecule has 38 valence electrons. The standard InChI is InChI=1S/C3H3NOS.Sn.2H/c6-3-4-1-2-5-3;;;/h1-2H,(H,4,6);;;. The van der Waals surface area contributed by atoms with E-state index in [1.807, 2.05) is 0 Å². The van der Waals surface area contributed by atoms with Crippen LogP contribution in [0.4, 0.5) is 0 Å². The minimum atomic E-state index is 0. The van der Waals surface area contributed by atoms with Crippen molar-refractivity contribution in [3.05, 3.63) is 12.5 Å². The predicted octanol–water partition coefficient (Wildman–Crippen LogP) is 0.0471. The maximum absolute atomic E-state index is 4.59. The van der Waals surface area contributed by atoms with Gasteiger partial charge in [0.05, 0.1) is 6.20 Å². The number of rotatable bonds is 0. The molecule has 0 bridgehead atoms. The molecule has 1 rings (SSSR count). The number of hydrogen-bond donors (Lipinski definition) is 1. The first-order chi connectivity index (χ1) is 2.89. The van der Waals surface area contributed by atoms with Crippen molar-refractivity contribution in [2.24, 2.45) is 0 Å². The first-order valence-electron chi connectivity index (χ1n) is 1.48. The van der Waals surface area contributed by atoms with Gasteiger partial charge in [0, 0.05) is 0 Å². The van der Waals surface area contributed by atoms with Crippen molar-refractivity contribution < 1.29 is 4.42 Å². The van der Waals surface area contributed by atoms with Crippen LogP contribution in [0, 0.1) is 0 Å². The molecule has 1 aromatic rings. The fraction of sp³-hybridized carbons (Fsp3) is 0. The van der Waals surface area contributed by atoms with E-state index in [1.165, 1.54) is 6.26 Å². The van der Waals surface area contributed by atoms with E-state index in [0.717, 1.165) is 0 Å². The van der Waals surface area contributed by atoms with Crippen molar-refractivity contribution in [1.29, 1.82) is 0 Å². The fourth-order valence-corrected chi connectivity index (χ4v) is 0.343. The Kier molecular flexibility index (Phi) is 3.54. The van der Waals surface area contributed by atoms with E-state index in [0.29, 0.717) is 5.22 Å². The van der Waals surface area contributed by atoms with Crippen molar-refractivity contribution in [3.63, 3.8) is 0 Å². The summed E-state index contributed by atoms with van der Waals surface area (Å²) in [6, 6.07) is 0. The first kappa shape index (κ1) is 7.36. The van der Waals surface area contributed by atoms with E-state index >= 15 is 0 Å². The Hall–Kier alpha value is 0.359.